The van der Waals surface area contributed by atoms with Crippen molar-refractivity contribution in [2.24, 2.45) is 0 Å². The molecule has 2 bridgehead atoms. The first-order valence-corrected chi connectivity index (χ1v) is 14.0. The first-order chi connectivity index (χ1) is 18.3. The maximum Gasteiger partial charge on any atom is 0.416 e. The zero-order valence-electron chi connectivity index (χ0n) is 21.0. The van der Waals surface area contributed by atoms with Crippen molar-refractivity contribution in [3.63, 3.8) is 0 Å². The van der Waals surface area contributed by atoms with E-state index in [1.807, 2.05) is 18.2 Å². The lowest BCUT2D eigenvalue weighted by Gasteiger charge is -2.58. The van der Waals surface area contributed by atoms with Gasteiger partial charge in [-0.3, -0.25) is 0 Å². The van der Waals surface area contributed by atoms with Crippen LogP contribution < -0.4 is 10.6 Å². The molecule has 38 heavy (non-hydrogen) atoms. The SMILES string of the molecule is FC(F)(F)c1ccc2c(C3CCNCC3)c(C34CC(CC(c5ccc(Cl)c6ccccc56)C3)N4)ccc2c1. The molecule has 0 spiro atoms. The average molecular weight is 535 g/mol. The van der Waals surface area contributed by atoms with E-state index in [-0.39, 0.29) is 5.54 Å². The molecule has 4 aromatic rings. The highest BCUT2D eigenvalue weighted by Crippen LogP contribution is 2.55. The lowest BCUT2D eigenvalue weighted by Crippen LogP contribution is -2.65. The molecule has 2 nitrogen and oxygen atoms in total. The van der Waals surface area contributed by atoms with Gasteiger partial charge in [-0.1, -0.05) is 60.1 Å². The van der Waals surface area contributed by atoms with Gasteiger partial charge in [-0.2, -0.15) is 13.2 Å². The Hall–Kier alpha value is -2.60. The van der Waals surface area contributed by atoms with Gasteiger partial charge in [0.05, 0.1) is 5.56 Å². The van der Waals surface area contributed by atoms with E-state index in [4.69, 9.17) is 11.6 Å². The van der Waals surface area contributed by atoms with Gasteiger partial charge in [0.25, 0.3) is 0 Å². The van der Waals surface area contributed by atoms with Crippen molar-refractivity contribution in [3.05, 3.63) is 94.0 Å². The van der Waals surface area contributed by atoms with E-state index in [1.54, 1.807) is 6.07 Å². The van der Waals surface area contributed by atoms with Gasteiger partial charge in [-0.25, -0.2) is 0 Å². The molecule has 0 aromatic heterocycles. The van der Waals surface area contributed by atoms with Crippen LogP contribution in [0.4, 0.5) is 13.2 Å². The highest BCUT2D eigenvalue weighted by Gasteiger charge is 2.52. The maximum atomic E-state index is 13.5. The van der Waals surface area contributed by atoms with E-state index < -0.39 is 11.7 Å². The number of alkyl halides is 3. The Labute approximate surface area is 225 Å². The van der Waals surface area contributed by atoms with Crippen LogP contribution in [0.15, 0.2) is 66.7 Å². The summed E-state index contributed by atoms with van der Waals surface area (Å²) in [6.45, 7) is 1.87. The van der Waals surface area contributed by atoms with Gasteiger partial charge in [-0.05, 0) is 108 Å². The molecule has 3 aliphatic heterocycles. The van der Waals surface area contributed by atoms with E-state index in [2.05, 4.69) is 41.0 Å². The van der Waals surface area contributed by atoms with Crippen LogP contribution in [0.25, 0.3) is 21.5 Å². The standard InChI is InChI=1S/C32H30ClF3N2/c33-29-10-8-24(26-3-1-2-4-27(26)29)21-16-23-18-31(17-21,38-23)28-9-5-20-15-22(32(34,35)36)6-7-25(20)30(28)19-11-13-37-14-12-19/h1-10,15,19,21,23,37-38H,11-14,16-18H2. The monoisotopic (exact) mass is 534 g/mol. The molecule has 1 saturated carbocycles. The number of piperidine rings is 2. The molecule has 196 valence electrons. The number of hydrogen-bond donors (Lipinski definition) is 2. The molecule has 1 aliphatic carbocycles. The molecule has 2 N–H and O–H groups in total. The van der Waals surface area contributed by atoms with Gasteiger partial charge in [0.2, 0.25) is 0 Å². The largest absolute Gasteiger partial charge is 0.416 e. The van der Waals surface area contributed by atoms with Crippen molar-refractivity contribution in [2.75, 3.05) is 13.1 Å². The van der Waals surface area contributed by atoms with Crippen molar-refractivity contribution in [1.82, 2.24) is 10.6 Å². The van der Waals surface area contributed by atoms with Crippen LogP contribution in [0.5, 0.6) is 0 Å². The molecular weight excluding hydrogens is 505 g/mol. The van der Waals surface area contributed by atoms with Gasteiger partial charge < -0.3 is 10.6 Å². The minimum Gasteiger partial charge on any atom is -0.317 e. The molecular formula is C32H30ClF3N2. The van der Waals surface area contributed by atoms with Gasteiger partial charge in [0.1, 0.15) is 0 Å². The Morgan fingerprint density at radius 3 is 2.34 bits per heavy atom. The molecule has 3 atom stereocenters. The number of rotatable bonds is 3. The summed E-state index contributed by atoms with van der Waals surface area (Å²) in [6, 6.07) is 21.4. The maximum absolute atomic E-state index is 13.5. The summed E-state index contributed by atoms with van der Waals surface area (Å²) in [6.07, 6.45) is 0.772. The number of hydrogen-bond acceptors (Lipinski definition) is 2. The molecule has 4 aliphatic rings. The smallest absolute Gasteiger partial charge is 0.317 e. The van der Waals surface area contributed by atoms with Crippen LogP contribution in [0.2, 0.25) is 5.02 Å². The van der Waals surface area contributed by atoms with E-state index in [1.165, 1.54) is 34.2 Å². The van der Waals surface area contributed by atoms with Gasteiger partial charge in [-0.15, -0.1) is 0 Å². The van der Waals surface area contributed by atoms with Gasteiger partial charge in [0.15, 0.2) is 0 Å². The Bertz CT molecular complexity index is 1530. The third-order valence-corrected chi connectivity index (χ3v) is 9.56. The zero-order valence-corrected chi connectivity index (χ0v) is 21.8. The summed E-state index contributed by atoms with van der Waals surface area (Å²) < 4.78 is 40.6. The number of benzene rings is 4. The van der Waals surface area contributed by atoms with E-state index in [9.17, 15) is 13.2 Å². The Kier molecular flexibility index (Phi) is 5.77. The summed E-state index contributed by atoms with van der Waals surface area (Å²) >= 11 is 6.54. The molecule has 4 fully saturated rings. The molecule has 4 aromatic carbocycles. The molecule has 0 radical (unpaired) electrons. The minimum atomic E-state index is -4.35. The predicted molar refractivity (Wildman–Crippen MR) is 148 cm³/mol. The topological polar surface area (TPSA) is 24.1 Å². The lowest BCUT2D eigenvalue weighted by atomic mass is 9.59. The minimum absolute atomic E-state index is 0.161. The second kappa shape index (κ2) is 8.97. The first-order valence-electron chi connectivity index (χ1n) is 13.6. The second-order valence-electron chi connectivity index (χ2n) is 11.4. The van der Waals surface area contributed by atoms with Gasteiger partial charge in [0, 0.05) is 22.0 Å². The van der Waals surface area contributed by atoms with E-state index in [0.717, 1.165) is 61.0 Å². The van der Waals surface area contributed by atoms with Crippen LogP contribution in [0.1, 0.15) is 66.2 Å². The highest BCUT2D eigenvalue weighted by molar-refractivity contribution is 6.35. The van der Waals surface area contributed by atoms with Crippen molar-refractivity contribution < 1.29 is 13.2 Å². The molecule has 3 unspecified atom stereocenters. The van der Waals surface area contributed by atoms with Gasteiger partial charge >= 0.3 is 6.18 Å². The summed E-state index contributed by atoms with van der Waals surface area (Å²) in [7, 11) is 0. The molecule has 3 saturated heterocycles. The number of nitrogens with one attached hydrogen (secondary N) is 2. The quantitative estimate of drug-likeness (QED) is 0.276. The number of fused-ring (bicyclic) bond motifs is 4. The predicted octanol–water partition coefficient (Wildman–Crippen LogP) is 8.27. The van der Waals surface area contributed by atoms with Crippen molar-refractivity contribution >= 4 is 33.1 Å². The average Bonchev–Trinajstić information content (AvgIpc) is 2.92. The number of halogens is 4. The first kappa shape index (κ1) is 24.4. The molecule has 3 heterocycles. The highest BCUT2D eigenvalue weighted by atomic mass is 35.5. The fourth-order valence-electron chi connectivity index (χ4n) is 7.60. The summed E-state index contributed by atoms with van der Waals surface area (Å²) in [5.41, 5.74) is 3.15. The fraction of sp³-hybridized carbons (Fsp3) is 0.375. The Balaban J connectivity index is 1.34. The Morgan fingerprint density at radius 2 is 1.58 bits per heavy atom. The summed E-state index contributed by atoms with van der Waals surface area (Å²) in [5, 5.41) is 12.1. The third kappa shape index (κ3) is 3.93. The molecule has 8 rings (SSSR count). The fourth-order valence-corrected chi connectivity index (χ4v) is 7.82. The van der Waals surface area contributed by atoms with Crippen molar-refractivity contribution in [2.45, 2.75) is 61.7 Å². The molecule has 6 heteroatoms. The van der Waals surface area contributed by atoms with Crippen molar-refractivity contribution in [1.29, 1.82) is 0 Å². The normalized spacial score (nSPS) is 26.0. The molecule has 0 amide bonds. The second-order valence-corrected chi connectivity index (χ2v) is 11.8. The van der Waals surface area contributed by atoms with E-state index >= 15 is 0 Å². The Morgan fingerprint density at radius 1 is 0.816 bits per heavy atom. The summed E-state index contributed by atoms with van der Waals surface area (Å²) in [5.74, 6) is 0.722. The summed E-state index contributed by atoms with van der Waals surface area (Å²) in [4.78, 5) is 0. The van der Waals surface area contributed by atoms with Crippen LogP contribution in [-0.2, 0) is 11.7 Å². The van der Waals surface area contributed by atoms with Crippen LogP contribution in [-0.4, -0.2) is 19.1 Å². The van der Waals surface area contributed by atoms with Crippen LogP contribution in [0.3, 0.4) is 0 Å². The van der Waals surface area contributed by atoms with Crippen LogP contribution in [0, 0.1) is 0 Å². The third-order valence-electron chi connectivity index (χ3n) is 9.24. The van der Waals surface area contributed by atoms with Crippen molar-refractivity contribution in [3.8, 4) is 0 Å². The zero-order chi connectivity index (χ0) is 26.1. The van der Waals surface area contributed by atoms with Crippen LogP contribution >= 0.6 is 11.6 Å². The van der Waals surface area contributed by atoms with E-state index in [0.29, 0.717) is 23.3 Å². The lowest BCUT2D eigenvalue weighted by molar-refractivity contribution is -0.137.